The zero-order valence-electron chi connectivity index (χ0n) is 18.2. The second-order valence-electron chi connectivity index (χ2n) is 11.1. The highest BCUT2D eigenvalue weighted by Gasteiger charge is 2.52. The molecular formula is C24H32N6O. The van der Waals surface area contributed by atoms with Crippen LogP contribution in [0.25, 0.3) is 5.78 Å². The molecule has 7 heteroatoms. The summed E-state index contributed by atoms with van der Waals surface area (Å²) in [6.07, 6.45) is 14.7. The lowest BCUT2D eigenvalue weighted by Gasteiger charge is -2.57. The molecule has 0 aromatic carbocycles. The van der Waals surface area contributed by atoms with E-state index in [2.05, 4.69) is 20.3 Å². The number of piperidine rings is 1. The molecule has 5 fully saturated rings. The van der Waals surface area contributed by atoms with Gasteiger partial charge in [0.2, 0.25) is 5.91 Å². The molecule has 2 aromatic rings. The summed E-state index contributed by atoms with van der Waals surface area (Å²) in [5.74, 6) is 4.96. The molecule has 4 bridgehead atoms. The van der Waals surface area contributed by atoms with Crippen molar-refractivity contribution in [1.82, 2.24) is 24.9 Å². The molecule has 0 atom stereocenters. The van der Waals surface area contributed by atoms with Gasteiger partial charge in [0.1, 0.15) is 12.1 Å². The zero-order valence-corrected chi connectivity index (χ0v) is 18.2. The van der Waals surface area contributed by atoms with Crippen molar-refractivity contribution in [3.63, 3.8) is 0 Å². The van der Waals surface area contributed by atoms with Gasteiger partial charge in [-0.25, -0.2) is 4.98 Å². The number of aromatic nitrogens is 4. The van der Waals surface area contributed by atoms with Gasteiger partial charge < -0.3 is 10.2 Å². The average Bonchev–Trinajstić information content (AvgIpc) is 3.39. The van der Waals surface area contributed by atoms with Gasteiger partial charge in [0.15, 0.2) is 0 Å². The highest BCUT2D eigenvalue weighted by Crippen LogP contribution is 2.55. The fraction of sp³-hybridized carbons (Fsp3) is 0.750. The van der Waals surface area contributed by atoms with E-state index in [0.717, 1.165) is 62.9 Å². The number of nitrogens with zero attached hydrogens (tertiary/aromatic N) is 5. The molecule has 31 heavy (non-hydrogen) atoms. The third kappa shape index (κ3) is 2.91. The highest BCUT2D eigenvalue weighted by molar-refractivity contribution is 5.80. The lowest BCUT2D eigenvalue weighted by molar-refractivity contribution is -0.131. The minimum atomic E-state index is 0.127. The van der Waals surface area contributed by atoms with Crippen LogP contribution in [-0.4, -0.2) is 44.1 Å². The standard InChI is InChI=1S/C24H32N6O/c31-21(28-24-11-15-8-16(12-24)10-17(9-15)13-24)18-4-6-29(7-5-18)22-19-2-1-3-20(19)27-23-25-14-26-30(22)23/h14-18H,1-13H2,(H,28,31). The van der Waals surface area contributed by atoms with E-state index in [1.807, 2.05) is 4.52 Å². The lowest BCUT2D eigenvalue weighted by atomic mass is 9.53. The Morgan fingerprint density at radius 1 is 1.03 bits per heavy atom. The molecule has 1 N–H and O–H groups in total. The summed E-state index contributed by atoms with van der Waals surface area (Å²) in [6.45, 7) is 1.81. The smallest absolute Gasteiger partial charge is 0.254 e. The van der Waals surface area contributed by atoms with Crippen molar-refractivity contribution in [2.24, 2.45) is 23.7 Å². The predicted molar refractivity (Wildman–Crippen MR) is 117 cm³/mol. The predicted octanol–water partition coefficient (Wildman–Crippen LogP) is 2.91. The monoisotopic (exact) mass is 420 g/mol. The largest absolute Gasteiger partial charge is 0.356 e. The van der Waals surface area contributed by atoms with Gasteiger partial charge in [0.25, 0.3) is 5.78 Å². The Labute approximate surface area is 183 Å². The summed E-state index contributed by atoms with van der Waals surface area (Å²) >= 11 is 0. The first-order valence-electron chi connectivity index (χ1n) is 12.4. The van der Waals surface area contributed by atoms with Crippen LogP contribution in [0.5, 0.6) is 0 Å². The third-order valence-electron chi connectivity index (χ3n) is 9.02. The molecule has 0 radical (unpaired) electrons. The number of amides is 1. The van der Waals surface area contributed by atoms with Crippen LogP contribution in [0.15, 0.2) is 6.33 Å². The number of hydrogen-bond donors (Lipinski definition) is 1. The van der Waals surface area contributed by atoms with Crippen molar-refractivity contribution in [3.05, 3.63) is 17.6 Å². The minimum absolute atomic E-state index is 0.127. The highest BCUT2D eigenvalue weighted by atomic mass is 16.2. The molecule has 1 aliphatic heterocycles. The van der Waals surface area contributed by atoms with Gasteiger partial charge in [-0.15, -0.1) is 0 Å². The molecule has 7 nitrogen and oxygen atoms in total. The number of aryl methyl sites for hydroxylation is 1. The second kappa shape index (κ2) is 6.66. The number of carbonyl (C=O) groups is 1. The maximum Gasteiger partial charge on any atom is 0.254 e. The molecule has 5 aliphatic carbocycles. The number of rotatable bonds is 3. The number of nitrogens with one attached hydrogen (secondary N) is 1. The molecule has 1 saturated heterocycles. The molecule has 0 spiro atoms. The molecule has 6 aliphatic rings. The molecule has 2 aromatic heterocycles. The Bertz CT molecular complexity index is 1000. The maximum absolute atomic E-state index is 13.3. The zero-order chi connectivity index (χ0) is 20.6. The van der Waals surface area contributed by atoms with Crippen molar-refractivity contribution in [1.29, 1.82) is 0 Å². The van der Waals surface area contributed by atoms with Gasteiger partial charge in [0.05, 0.1) is 5.69 Å². The van der Waals surface area contributed by atoms with Crippen LogP contribution < -0.4 is 10.2 Å². The van der Waals surface area contributed by atoms with E-state index in [-0.39, 0.29) is 11.5 Å². The first kappa shape index (κ1) is 18.4. The lowest BCUT2D eigenvalue weighted by Crippen LogP contribution is -2.61. The molecule has 164 valence electrons. The summed E-state index contributed by atoms with van der Waals surface area (Å²) in [5, 5.41) is 8.09. The van der Waals surface area contributed by atoms with Gasteiger partial charge in [-0.05, 0) is 88.4 Å². The Morgan fingerprint density at radius 2 is 1.74 bits per heavy atom. The molecule has 8 rings (SSSR count). The van der Waals surface area contributed by atoms with Crippen LogP contribution in [0, 0.1) is 23.7 Å². The topological polar surface area (TPSA) is 75.4 Å². The van der Waals surface area contributed by atoms with Crippen molar-refractivity contribution in [2.75, 3.05) is 18.0 Å². The maximum atomic E-state index is 13.3. The van der Waals surface area contributed by atoms with E-state index < -0.39 is 0 Å². The van der Waals surface area contributed by atoms with Crippen molar-refractivity contribution in [2.45, 2.75) is 76.2 Å². The number of fused-ring (bicyclic) bond motifs is 2. The Hall–Kier alpha value is -2.18. The molecule has 1 amide bonds. The third-order valence-corrected chi connectivity index (χ3v) is 9.02. The summed E-state index contributed by atoms with van der Waals surface area (Å²) in [6, 6.07) is 0. The normalized spacial score (nSPS) is 34.5. The quantitative estimate of drug-likeness (QED) is 0.826. The fourth-order valence-electron chi connectivity index (χ4n) is 8.11. The van der Waals surface area contributed by atoms with Gasteiger partial charge in [-0.1, -0.05) is 0 Å². The van der Waals surface area contributed by atoms with Crippen LogP contribution in [0.4, 0.5) is 5.82 Å². The van der Waals surface area contributed by atoms with E-state index in [9.17, 15) is 4.79 Å². The van der Waals surface area contributed by atoms with Crippen molar-refractivity contribution in [3.8, 4) is 0 Å². The van der Waals surface area contributed by atoms with Crippen LogP contribution >= 0.6 is 0 Å². The molecular weight excluding hydrogens is 388 g/mol. The van der Waals surface area contributed by atoms with E-state index in [1.165, 1.54) is 55.6 Å². The van der Waals surface area contributed by atoms with Crippen LogP contribution in [0.3, 0.4) is 0 Å². The van der Waals surface area contributed by atoms with Gasteiger partial charge >= 0.3 is 0 Å². The summed E-state index contributed by atoms with van der Waals surface area (Å²) in [4.78, 5) is 24.8. The van der Waals surface area contributed by atoms with E-state index >= 15 is 0 Å². The van der Waals surface area contributed by atoms with E-state index in [1.54, 1.807) is 6.33 Å². The minimum Gasteiger partial charge on any atom is -0.356 e. The Morgan fingerprint density at radius 3 is 2.45 bits per heavy atom. The first-order valence-corrected chi connectivity index (χ1v) is 12.4. The Kier molecular flexibility index (Phi) is 3.95. The van der Waals surface area contributed by atoms with Gasteiger partial charge in [-0.2, -0.15) is 14.6 Å². The molecule has 3 heterocycles. The van der Waals surface area contributed by atoms with Crippen molar-refractivity contribution >= 4 is 17.5 Å². The molecule has 0 unspecified atom stereocenters. The first-order chi connectivity index (χ1) is 15.2. The number of anilines is 1. The van der Waals surface area contributed by atoms with Crippen LogP contribution in [0.1, 0.15) is 69.0 Å². The summed E-state index contributed by atoms with van der Waals surface area (Å²) in [5.41, 5.74) is 2.66. The van der Waals surface area contributed by atoms with Gasteiger partial charge in [0, 0.05) is 30.1 Å². The van der Waals surface area contributed by atoms with Crippen LogP contribution in [0.2, 0.25) is 0 Å². The Balaban J connectivity index is 1.07. The number of hydrogen-bond acceptors (Lipinski definition) is 5. The summed E-state index contributed by atoms with van der Waals surface area (Å²) < 4.78 is 1.92. The van der Waals surface area contributed by atoms with Crippen LogP contribution in [-0.2, 0) is 17.6 Å². The summed E-state index contributed by atoms with van der Waals surface area (Å²) in [7, 11) is 0. The SMILES string of the molecule is O=C(NC12CC3CC(CC(C3)C1)C2)C1CCN(c2c3c(nc4ncnn24)CCC3)CC1. The fourth-order valence-corrected chi connectivity index (χ4v) is 8.11. The van der Waals surface area contributed by atoms with E-state index in [0.29, 0.717) is 11.7 Å². The van der Waals surface area contributed by atoms with Crippen molar-refractivity contribution < 1.29 is 4.79 Å². The number of carbonyl (C=O) groups excluding carboxylic acids is 1. The average molecular weight is 421 g/mol. The second-order valence-corrected chi connectivity index (χ2v) is 11.1. The van der Waals surface area contributed by atoms with E-state index in [4.69, 9.17) is 4.98 Å². The van der Waals surface area contributed by atoms with Gasteiger partial charge in [-0.3, -0.25) is 4.79 Å². The molecule has 4 saturated carbocycles.